The van der Waals surface area contributed by atoms with Gasteiger partial charge in [0.2, 0.25) is 0 Å². The molecule has 1 aliphatic rings. The zero-order valence-corrected chi connectivity index (χ0v) is 12.3. The summed E-state index contributed by atoms with van der Waals surface area (Å²) in [5, 5.41) is 0. The fourth-order valence-corrected chi connectivity index (χ4v) is 4.35. The largest absolute Gasteiger partial charge is 0.283 e. The lowest BCUT2D eigenvalue weighted by atomic mass is 9.90. The zero-order chi connectivity index (χ0) is 12.1. The summed E-state index contributed by atoms with van der Waals surface area (Å²) >= 11 is 3.92. The third-order valence-electron chi connectivity index (χ3n) is 3.50. The summed E-state index contributed by atoms with van der Waals surface area (Å²) in [5.41, 5.74) is 1.53. The van der Waals surface area contributed by atoms with Gasteiger partial charge in [-0.3, -0.25) is 4.90 Å². The molecule has 0 saturated carbocycles. The predicted octanol–water partition coefficient (Wildman–Crippen LogP) is 3.88. The van der Waals surface area contributed by atoms with Crippen molar-refractivity contribution in [3.63, 3.8) is 0 Å². The van der Waals surface area contributed by atoms with E-state index in [-0.39, 0.29) is 0 Å². The summed E-state index contributed by atoms with van der Waals surface area (Å²) in [5.74, 6) is 0.775. The Kier molecular flexibility index (Phi) is 5.26. The van der Waals surface area contributed by atoms with Gasteiger partial charge in [-0.2, -0.15) is 0 Å². The van der Waals surface area contributed by atoms with Gasteiger partial charge in [-0.1, -0.05) is 30.3 Å². The molecule has 1 aromatic carbocycles. The zero-order valence-electron chi connectivity index (χ0n) is 10.6. The van der Waals surface area contributed by atoms with Crippen LogP contribution >= 0.6 is 23.5 Å². The molecule has 17 heavy (non-hydrogen) atoms. The molecule has 0 amide bonds. The van der Waals surface area contributed by atoms with Crippen molar-refractivity contribution in [3.8, 4) is 0 Å². The van der Waals surface area contributed by atoms with Crippen LogP contribution in [0.5, 0.6) is 0 Å². The molecular weight excluding hydrogens is 246 g/mol. The maximum Gasteiger partial charge on any atom is 0.102 e. The van der Waals surface area contributed by atoms with E-state index in [0.717, 1.165) is 5.92 Å². The molecule has 0 unspecified atom stereocenters. The minimum absolute atomic E-state index is 0.645. The first kappa shape index (κ1) is 13.3. The van der Waals surface area contributed by atoms with E-state index in [1.54, 1.807) is 0 Å². The van der Waals surface area contributed by atoms with Crippen LogP contribution in [0.2, 0.25) is 0 Å². The van der Waals surface area contributed by atoms with Crippen LogP contribution in [0.4, 0.5) is 0 Å². The average molecular weight is 267 g/mol. The Hall–Kier alpha value is -0.120. The van der Waals surface area contributed by atoms with Gasteiger partial charge in [-0.05, 0) is 36.8 Å². The first-order chi connectivity index (χ1) is 8.35. The summed E-state index contributed by atoms with van der Waals surface area (Å²) < 4.78 is 0.645. The van der Waals surface area contributed by atoms with Crippen LogP contribution in [0.15, 0.2) is 30.3 Å². The van der Waals surface area contributed by atoms with Crippen molar-refractivity contribution in [2.24, 2.45) is 0 Å². The molecule has 1 saturated heterocycles. The molecule has 0 radical (unpaired) electrons. The Morgan fingerprint density at radius 2 is 1.65 bits per heavy atom. The Bertz CT molecular complexity index is 316. The molecule has 3 heteroatoms. The van der Waals surface area contributed by atoms with Gasteiger partial charge in [-0.15, -0.1) is 23.5 Å². The Morgan fingerprint density at radius 1 is 1.06 bits per heavy atom. The van der Waals surface area contributed by atoms with Gasteiger partial charge in [0, 0.05) is 13.1 Å². The maximum absolute atomic E-state index is 2.62. The second-order valence-electron chi connectivity index (χ2n) is 4.50. The van der Waals surface area contributed by atoms with E-state index in [1.165, 1.54) is 31.5 Å². The number of benzene rings is 1. The number of hydrogen-bond acceptors (Lipinski definition) is 3. The molecule has 1 aliphatic heterocycles. The van der Waals surface area contributed by atoms with Gasteiger partial charge in [0.15, 0.2) is 0 Å². The molecule has 1 nitrogen and oxygen atoms in total. The summed E-state index contributed by atoms with van der Waals surface area (Å²) in [6, 6.07) is 11.0. The summed E-state index contributed by atoms with van der Waals surface area (Å²) in [6.45, 7) is 2.48. The SMILES string of the molecule is CSC(SC)N1CCC(c2ccccc2)CC1. The highest BCUT2D eigenvalue weighted by atomic mass is 32.2. The van der Waals surface area contributed by atoms with Crippen molar-refractivity contribution in [1.82, 2.24) is 4.90 Å². The predicted molar refractivity (Wildman–Crippen MR) is 80.8 cm³/mol. The number of thioether (sulfide) groups is 2. The van der Waals surface area contributed by atoms with Crippen LogP contribution in [0.1, 0.15) is 24.3 Å². The van der Waals surface area contributed by atoms with Gasteiger partial charge in [0.25, 0.3) is 0 Å². The lowest BCUT2D eigenvalue weighted by Crippen LogP contribution is -2.37. The van der Waals surface area contributed by atoms with Crippen LogP contribution in [0.3, 0.4) is 0 Å². The van der Waals surface area contributed by atoms with E-state index in [1.807, 2.05) is 23.5 Å². The van der Waals surface area contributed by atoms with Gasteiger partial charge in [0.05, 0.1) is 0 Å². The molecule has 1 fully saturated rings. The fourth-order valence-electron chi connectivity index (χ4n) is 2.56. The van der Waals surface area contributed by atoms with Gasteiger partial charge in [0.1, 0.15) is 4.71 Å². The van der Waals surface area contributed by atoms with Gasteiger partial charge >= 0.3 is 0 Å². The second-order valence-corrected chi connectivity index (χ2v) is 6.63. The molecule has 2 rings (SSSR count). The topological polar surface area (TPSA) is 3.24 Å². The average Bonchev–Trinajstić information content (AvgIpc) is 2.42. The van der Waals surface area contributed by atoms with E-state index in [2.05, 4.69) is 47.7 Å². The molecule has 0 bridgehead atoms. The molecule has 94 valence electrons. The van der Waals surface area contributed by atoms with Crippen molar-refractivity contribution < 1.29 is 0 Å². The molecule has 1 heterocycles. The first-order valence-electron chi connectivity index (χ1n) is 6.19. The van der Waals surface area contributed by atoms with E-state index in [0.29, 0.717) is 4.71 Å². The standard InChI is InChI=1S/C14H21NS2/c1-16-14(17-2)15-10-8-13(9-11-15)12-6-4-3-5-7-12/h3-7,13-14H,8-11H2,1-2H3. The highest BCUT2D eigenvalue weighted by Crippen LogP contribution is 2.32. The second kappa shape index (κ2) is 6.72. The third kappa shape index (κ3) is 3.43. The van der Waals surface area contributed by atoms with Crippen LogP contribution in [0, 0.1) is 0 Å². The minimum Gasteiger partial charge on any atom is -0.283 e. The Labute approximate surface area is 113 Å². The summed E-state index contributed by atoms with van der Waals surface area (Å²) in [4.78, 5) is 2.62. The molecule has 0 aliphatic carbocycles. The minimum atomic E-state index is 0.645. The molecular formula is C14H21NS2. The number of rotatable bonds is 4. The van der Waals surface area contributed by atoms with Crippen LogP contribution < -0.4 is 0 Å². The number of nitrogens with zero attached hydrogens (tertiary/aromatic N) is 1. The quantitative estimate of drug-likeness (QED) is 0.762. The number of likely N-dealkylation sites (tertiary alicyclic amines) is 1. The first-order valence-corrected chi connectivity index (χ1v) is 8.77. The lowest BCUT2D eigenvalue weighted by Gasteiger charge is -2.36. The van der Waals surface area contributed by atoms with Gasteiger partial charge in [-0.25, -0.2) is 0 Å². The monoisotopic (exact) mass is 267 g/mol. The van der Waals surface area contributed by atoms with Crippen LogP contribution in [-0.2, 0) is 0 Å². The fraction of sp³-hybridized carbons (Fsp3) is 0.571. The van der Waals surface area contributed by atoms with Crippen molar-refractivity contribution in [2.75, 3.05) is 25.6 Å². The Morgan fingerprint density at radius 3 is 2.18 bits per heavy atom. The maximum atomic E-state index is 2.62. The van der Waals surface area contributed by atoms with Crippen LogP contribution in [-0.4, -0.2) is 35.2 Å². The number of hydrogen-bond donors (Lipinski definition) is 0. The van der Waals surface area contributed by atoms with Crippen molar-refractivity contribution in [2.45, 2.75) is 23.5 Å². The normalized spacial score (nSPS) is 18.8. The highest BCUT2D eigenvalue weighted by Gasteiger charge is 2.24. The summed E-state index contributed by atoms with van der Waals surface area (Å²) in [6.07, 6.45) is 7.04. The van der Waals surface area contributed by atoms with Crippen LogP contribution in [0.25, 0.3) is 0 Å². The number of piperidine rings is 1. The Balaban J connectivity index is 1.90. The van der Waals surface area contributed by atoms with Crippen molar-refractivity contribution >= 4 is 23.5 Å². The van der Waals surface area contributed by atoms with E-state index >= 15 is 0 Å². The molecule has 1 aromatic rings. The molecule has 0 aromatic heterocycles. The molecule has 0 N–H and O–H groups in total. The molecule has 0 spiro atoms. The molecule has 0 atom stereocenters. The smallest absolute Gasteiger partial charge is 0.102 e. The van der Waals surface area contributed by atoms with Crippen molar-refractivity contribution in [1.29, 1.82) is 0 Å². The highest BCUT2D eigenvalue weighted by molar-refractivity contribution is 8.16. The van der Waals surface area contributed by atoms with E-state index < -0.39 is 0 Å². The third-order valence-corrected chi connectivity index (χ3v) is 6.06. The summed E-state index contributed by atoms with van der Waals surface area (Å²) in [7, 11) is 0. The lowest BCUT2D eigenvalue weighted by molar-refractivity contribution is 0.233. The van der Waals surface area contributed by atoms with E-state index in [4.69, 9.17) is 0 Å². The van der Waals surface area contributed by atoms with E-state index in [9.17, 15) is 0 Å². The van der Waals surface area contributed by atoms with Gasteiger partial charge < -0.3 is 0 Å². The van der Waals surface area contributed by atoms with Crippen molar-refractivity contribution in [3.05, 3.63) is 35.9 Å².